The number of aliphatic carboxylic acids is 1. The Morgan fingerprint density at radius 1 is 1.50 bits per heavy atom. The number of carbonyl (C=O) groups excluding carboxylic acids is 1. The van der Waals surface area contributed by atoms with Crippen LogP contribution in [0.4, 0.5) is 0 Å². The molecule has 1 atom stereocenters. The monoisotopic (exact) mass is 225 g/mol. The van der Waals surface area contributed by atoms with E-state index < -0.39 is 5.97 Å². The van der Waals surface area contributed by atoms with Crippen molar-refractivity contribution in [3.8, 4) is 0 Å². The van der Waals surface area contributed by atoms with Gasteiger partial charge in [0, 0.05) is 6.04 Å². The van der Waals surface area contributed by atoms with E-state index in [-0.39, 0.29) is 18.4 Å². The van der Waals surface area contributed by atoms with Crippen LogP contribution in [0.2, 0.25) is 0 Å². The second-order valence-electron chi connectivity index (χ2n) is 4.29. The molecule has 1 aliphatic rings. The Morgan fingerprint density at radius 2 is 2.19 bits per heavy atom. The quantitative estimate of drug-likeness (QED) is 0.648. The van der Waals surface area contributed by atoms with Crippen LogP contribution >= 0.6 is 0 Å². The molecular weight excluding hydrogens is 206 g/mol. The van der Waals surface area contributed by atoms with Gasteiger partial charge in [0.05, 0.1) is 6.42 Å². The Bertz CT molecular complexity index is 282. The van der Waals surface area contributed by atoms with Crippen LogP contribution in [-0.2, 0) is 9.59 Å². The molecule has 0 spiro atoms. The van der Waals surface area contributed by atoms with Crippen LogP contribution in [0.1, 0.15) is 39.0 Å². The predicted molar refractivity (Wildman–Crippen MR) is 61.0 cm³/mol. The van der Waals surface area contributed by atoms with Crippen molar-refractivity contribution in [3.63, 3.8) is 0 Å². The van der Waals surface area contributed by atoms with Crippen LogP contribution in [0.5, 0.6) is 0 Å². The smallest absolute Gasteiger partial charge is 0.305 e. The van der Waals surface area contributed by atoms with Gasteiger partial charge in [0.25, 0.3) is 0 Å². The highest BCUT2D eigenvalue weighted by molar-refractivity contribution is 5.88. The molecule has 90 valence electrons. The molecule has 16 heavy (non-hydrogen) atoms. The molecule has 1 unspecified atom stereocenters. The summed E-state index contributed by atoms with van der Waals surface area (Å²) >= 11 is 0. The topological polar surface area (TPSA) is 66.4 Å². The van der Waals surface area contributed by atoms with Crippen LogP contribution in [0, 0.1) is 5.92 Å². The molecule has 0 aromatic carbocycles. The van der Waals surface area contributed by atoms with E-state index in [0.717, 1.165) is 19.3 Å². The van der Waals surface area contributed by atoms with E-state index in [4.69, 9.17) is 5.11 Å². The Kier molecular flexibility index (Phi) is 5.02. The first-order valence-corrected chi connectivity index (χ1v) is 5.82. The van der Waals surface area contributed by atoms with E-state index in [9.17, 15) is 9.59 Å². The van der Waals surface area contributed by atoms with Crippen LogP contribution < -0.4 is 5.32 Å². The number of allylic oxidation sites excluding steroid dienone is 1. The van der Waals surface area contributed by atoms with Crippen LogP contribution in [0.3, 0.4) is 0 Å². The lowest BCUT2D eigenvalue weighted by Crippen LogP contribution is -2.35. The van der Waals surface area contributed by atoms with Gasteiger partial charge in [-0.1, -0.05) is 19.4 Å². The Labute approximate surface area is 95.7 Å². The van der Waals surface area contributed by atoms with Crippen LogP contribution in [-0.4, -0.2) is 23.0 Å². The third kappa shape index (κ3) is 5.53. The zero-order valence-electron chi connectivity index (χ0n) is 9.61. The fraction of sp³-hybridized carbons (Fsp3) is 0.667. The third-order valence-electron chi connectivity index (χ3n) is 2.55. The molecule has 0 bridgehead atoms. The van der Waals surface area contributed by atoms with E-state index >= 15 is 0 Å². The maximum absolute atomic E-state index is 11.5. The molecule has 0 saturated heterocycles. The Morgan fingerprint density at radius 3 is 2.69 bits per heavy atom. The Hall–Kier alpha value is -1.32. The SMILES string of the molecule is CCCC(CC(=O)O)NC(=O)/C=C/C1CC1. The van der Waals surface area contributed by atoms with E-state index in [1.54, 1.807) is 0 Å². The molecule has 1 aliphatic carbocycles. The Balaban J connectivity index is 2.33. The third-order valence-corrected chi connectivity index (χ3v) is 2.55. The van der Waals surface area contributed by atoms with Crippen molar-refractivity contribution in [2.45, 2.75) is 45.1 Å². The molecule has 0 aromatic heterocycles. The first kappa shape index (κ1) is 12.7. The summed E-state index contributed by atoms with van der Waals surface area (Å²) in [4.78, 5) is 22.0. The van der Waals surface area contributed by atoms with Gasteiger partial charge in [-0.25, -0.2) is 0 Å². The van der Waals surface area contributed by atoms with Gasteiger partial charge in [0.2, 0.25) is 5.91 Å². The predicted octanol–water partition coefficient (Wildman–Crippen LogP) is 1.71. The minimum Gasteiger partial charge on any atom is -0.481 e. The summed E-state index contributed by atoms with van der Waals surface area (Å²) in [7, 11) is 0. The fourth-order valence-electron chi connectivity index (χ4n) is 1.55. The second-order valence-corrected chi connectivity index (χ2v) is 4.29. The van der Waals surface area contributed by atoms with Gasteiger partial charge in [0.1, 0.15) is 0 Å². The maximum atomic E-state index is 11.5. The lowest BCUT2D eigenvalue weighted by molar-refractivity contribution is -0.137. The van der Waals surface area contributed by atoms with Crippen LogP contribution in [0.15, 0.2) is 12.2 Å². The zero-order valence-corrected chi connectivity index (χ0v) is 9.61. The number of carboxylic acids is 1. The molecule has 1 fully saturated rings. The molecule has 1 amide bonds. The zero-order chi connectivity index (χ0) is 12.0. The maximum Gasteiger partial charge on any atom is 0.305 e. The molecule has 0 aliphatic heterocycles. The van der Waals surface area contributed by atoms with Gasteiger partial charge >= 0.3 is 5.97 Å². The second kappa shape index (κ2) is 6.30. The van der Waals surface area contributed by atoms with E-state index in [1.807, 2.05) is 13.0 Å². The molecule has 0 aromatic rings. The molecule has 1 rings (SSSR count). The van der Waals surface area contributed by atoms with E-state index in [2.05, 4.69) is 5.32 Å². The van der Waals surface area contributed by atoms with E-state index in [0.29, 0.717) is 12.3 Å². The molecule has 0 radical (unpaired) electrons. The number of carbonyl (C=O) groups is 2. The highest BCUT2D eigenvalue weighted by Gasteiger charge is 2.18. The molecule has 0 heterocycles. The van der Waals surface area contributed by atoms with Gasteiger partial charge in [0.15, 0.2) is 0 Å². The fourth-order valence-corrected chi connectivity index (χ4v) is 1.55. The number of hydrogen-bond acceptors (Lipinski definition) is 2. The van der Waals surface area contributed by atoms with Crippen LogP contribution in [0.25, 0.3) is 0 Å². The summed E-state index contributed by atoms with van der Waals surface area (Å²) in [5, 5.41) is 11.4. The number of nitrogens with one attached hydrogen (secondary N) is 1. The summed E-state index contributed by atoms with van der Waals surface area (Å²) in [6.07, 6.45) is 7.33. The summed E-state index contributed by atoms with van der Waals surface area (Å²) in [5.41, 5.74) is 0. The van der Waals surface area contributed by atoms with Gasteiger partial charge in [-0.15, -0.1) is 0 Å². The number of rotatable bonds is 7. The number of hydrogen-bond donors (Lipinski definition) is 2. The summed E-state index contributed by atoms with van der Waals surface area (Å²) in [6.45, 7) is 1.97. The first-order chi connectivity index (χ1) is 7.61. The normalized spacial score (nSPS) is 17.3. The first-order valence-electron chi connectivity index (χ1n) is 5.82. The molecular formula is C12H19NO3. The average molecular weight is 225 g/mol. The van der Waals surface area contributed by atoms with Crippen molar-refractivity contribution in [1.82, 2.24) is 5.32 Å². The van der Waals surface area contributed by atoms with E-state index in [1.165, 1.54) is 6.08 Å². The van der Waals surface area contributed by atoms with Gasteiger partial charge in [-0.3, -0.25) is 9.59 Å². The lowest BCUT2D eigenvalue weighted by Gasteiger charge is -2.14. The lowest BCUT2D eigenvalue weighted by atomic mass is 10.1. The average Bonchev–Trinajstić information content (AvgIpc) is 2.97. The molecule has 4 nitrogen and oxygen atoms in total. The van der Waals surface area contributed by atoms with Crippen molar-refractivity contribution in [2.75, 3.05) is 0 Å². The highest BCUT2D eigenvalue weighted by atomic mass is 16.4. The largest absolute Gasteiger partial charge is 0.481 e. The summed E-state index contributed by atoms with van der Waals surface area (Å²) in [5.74, 6) is -0.480. The minimum absolute atomic E-state index is 0.00313. The van der Waals surface area contributed by atoms with Crippen molar-refractivity contribution >= 4 is 11.9 Å². The van der Waals surface area contributed by atoms with Gasteiger partial charge in [-0.2, -0.15) is 0 Å². The number of amides is 1. The van der Waals surface area contributed by atoms with Crippen molar-refractivity contribution < 1.29 is 14.7 Å². The van der Waals surface area contributed by atoms with Gasteiger partial charge in [-0.05, 0) is 31.3 Å². The van der Waals surface area contributed by atoms with Crippen molar-refractivity contribution in [1.29, 1.82) is 0 Å². The summed E-state index contributed by atoms with van der Waals surface area (Å²) in [6, 6.07) is -0.251. The van der Waals surface area contributed by atoms with Crippen molar-refractivity contribution in [3.05, 3.63) is 12.2 Å². The minimum atomic E-state index is -0.870. The molecule has 1 saturated carbocycles. The molecule has 4 heteroatoms. The van der Waals surface area contributed by atoms with Crippen molar-refractivity contribution in [2.24, 2.45) is 5.92 Å². The summed E-state index contributed by atoms with van der Waals surface area (Å²) < 4.78 is 0. The highest BCUT2D eigenvalue weighted by Crippen LogP contribution is 2.29. The molecule has 2 N–H and O–H groups in total. The number of carboxylic acid groups (broad SMARTS) is 1. The standard InChI is InChI=1S/C12H19NO3/c1-2-3-10(8-12(15)16)13-11(14)7-6-9-4-5-9/h6-7,9-10H,2-5,8H2,1H3,(H,13,14)(H,15,16)/b7-6+. The van der Waals surface area contributed by atoms with Gasteiger partial charge < -0.3 is 10.4 Å².